The number of nitrogens with one attached hydrogen (secondary N) is 2. The fourth-order valence-corrected chi connectivity index (χ4v) is 3.51. The number of benzene rings is 1. The van der Waals surface area contributed by atoms with E-state index in [1.54, 1.807) is 13.2 Å². The molecule has 1 amide bonds. The van der Waals surface area contributed by atoms with E-state index in [-0.39, 0.29) is 11.9 Å². The van der Waals surface area contributed by atoms with Gasteiger partial charge in [0.25, 0.3) is 5.91 Å². The Labute approximate surface area is 152 Å². The number of nitrogens with zero attached hydrogens (tertiary/aromatic N) is 2. The van der Waals surface area contributed by atoms with Gasteiger partial charge in [-0.3, -0.25) is 4.79 Å². The molecule has 24 heavy (non-hydrogen) atoms. The molecular weight excluding hydrogens is 372 g/mol. The van der Waals surface area contributed by atoms with Crippen LogP contribution >= 0.6 is 15.9 Å². The number of carbonyl (C=O) groups excluding carboxylic acids is 1. The SMILES string of the molecule is CCN1CCN(C)C[C@H](NC(=O)c2cc(Br)c(NC)cc2OC)C1. The number of hydrogen-bond donors (Lipinski definition) is 2. The van der Waals surface area contributed by atoms with Crippen molar-refractivity contribution in [3.63, 3.8) is 0 Å². The van der Waals surface area contributed by atoms with E-state index in [1.807, 2.05) is 13.1 Å². The van der Waals surface area contributed by atoms with Gasteiger partial charge in [0.1, 0.15) is 5.75 Å². The zero-order chi connectivity index (χ0) is 17.7. The van der Waals surface area contributed by atoms with Crippen LogP contribution in [0.4, 0.5) is 5.69 Å². The van der Waals surface area contributed by atoms with Gasteiger partial charge in [0.15, 0.2) is 0 Å². The van der Waals surface area contributed by atoms with E-state index in [0.717, 1.165) is 42.9 Å². The predicted octanol–water partition coefficient (Wildman–Crippen LogP) is 1.87. The Kier molecular flexibility index (Phi) is 6.89. The minimum atomic E-state index is -0.105. The van der Waals surface area contributed by atoms with Crippen LogP contribution in [0.5, 0.6) is 5.75 Å². The number of rotatable bonds is 5. The van der Waals surface area contributed by atoms with E-state index in [2.05, 4.69) is 50.3 Å². The highest BCUT2D eigenvalue weighted by Crippen LogP contribution is 2.31. The third-order valence-electron chi connectivity index (χ3n) is 4.39. The van der Waals surface area contributed by atoms with Gasteiger partial charge in [-0.05, 0) is 35.6 Å². The molecule has 0 unspecified atom stereocenters. The summed E-state index contributed by atoms with van der Waals surface area (Å²) in [5, 5.41) is 6.24. The first-order valence-electron chi connectivity index (χ1n) is 8.25. The molecule has 1 atom stereocenters. The normalized spacial score (nSPS) is 19.6. The summed E-state index contributed by atoms with van der Waals surface area (Å²) in [6.07, 6.45) is 0. The number of carbonyl (C=O) groups is 1. The van der Waals surface area contributed by atoms with Gasteiger partial charge in [-0.1, -0.05) is 6.92 Å². The molecule has 1 aliphatic heterocycles. The Morgan fingerprint density at radius 3 is 2.75 bits per heavy atom. The molecule has 1 saturated heterocycles. The lowest BCUT2D eigenvalue weighted by molar-refractivity contribution is 0.0922. The highest BCUT2D eigenvalue weighted by atomic mass is 79.9. The number of amides is 1. The molecule has 6 nitrogen and oxygen atoms in total. The maximum Gasteiger partial charge on any atom is 0.255 e. The maximum absolute atomic E-state index is 12.8. The molecule has 1 aromatic carbocycles. The second-order valence-corrected chi connectivity index (χ2v) is 6.96. The van der Waals surface area contributed by atoms with Gasteiger partial charge in [0.05, 0.1) is 24.4 Å². The zero-order valence-corrected chi connectivity index (χ0v) is 16.4. The first-order valence-corrected chi connectivity index (χ1v) is 9.04. The van der Waals surface area contributed by atoms with E-state index < -0.39 is 0 Å². The van der Waals surface area contributed by atoms with Crippen LogP contribution in [0.1, 0.15) is 17.3 Å². The lowest BCUT2D eigenvalue weighted by atomic mass is 10.1. The van der Waals surface area contributed by atoms with Gasteiger partial charge < -0.3 is 25.2 Å². The second kappa shape index (κ2) is 8.69. The van der Waals surface area contributed by atoms with Crippen LogP contribution < -0.4 is 15.4 Å². The Balaban J connectivity index is 2.17. The lowest BCUT2D eigenvalue weighted by Crippen LogP contribution is -2.46. The molecule has 7 heteroatoms. The number of halogens is 1. The molecule has 0 bridgehead atoms. The number of anilines is 1. The second-order valence-electron chi connectivity index (χ2n) is 6.11. The van der Waals surface area contributed by atoms with Crippen molar-refractivity contribution >= 4 is 27.5 Å². The van der Waals surface area contributed by atoms with E-state index in [4.69, 9.17) is 4.74 Å². The summed E-state index contributed by atoms with van der Waals surface area (Å²) in [6.45, 7) is 6.91. The Hall–Kier alpha value is -1.31. The van der Waals surface area contributed by atoms with Crippen LogP contribution in [0, 0.1) is 0 Å². The van der Waals surface area contributed by atoms with Crippen LogP contribution in [0.2, 0.25) is 0 Å². The summed E-state index contributed by atoms with van der Waals surface area (Å²) in [6, 6.07) is 3.73. The molecule has 0 aliphatic carbocycles. The first kappa shape index (κ1) is 19.0. The standard InChI is InChI=1S/C17H27BrN4O2/c1-5-22-7-6-21(3)10-12(11-22)20-17(23)13-8-14(18)15(19-2)9-16(13)24-4/h8-9,12,19H,5-7,10-11H2,1-4H3,(H,20,23)/t12-/m0/s1. The third-order valence-corrected chi connectivity index (χ3v) is 5.05. The van der Waals surface area contributed by atoms with Gasteiger partial charge >= 0.3 is 0 Å². The topological polar surface area (TPSA) is 56.8 Å². The van der Waals surface area contributed by atoms with Crippen molar-refractivity contribution in [2.75, 3.05) is 59.2 Å². The van der Waals surface area contributed by atoms with Gasteiger partial charge in [-0.25, -0.2) is 0 Å². The smallest absolute Gasteiger partial charge is 0.255 e. The number of hydrogen-bond acceptors (Lipinski definition) is 5. The number of methoxy groups -OCH3 is 1. The molecule has 0 radical (unpaired) electrons. The Morgan fingerprint density at radius 1 is 1.38 bits per heavy atom. The minimum absolute atomic E-state index is 0.0948. The van der Waals surface area contributed by atoms with Crippen LogP contribution in [-0.4, -0.2) is 75.7 Å². The molecule has 0 spiro atoms. The van der Waals surface area contributed by atoms with Crippen LogP contribution in [0.25, 0.3) is 0 Å². The van der Waals surface area contributed by atoms with E-state index >= 15 is 0 Å². The molecule has 2 rings (SSSR count). The molecule has 0 saturated carbocycles. The predicted molar refractivity (Wildman–Crippen MR) is 101 cm³/mol. The van der Waals surface area contributed by atoms with Gasteiger partial charge in [0.2, 0.25) is 0 Å². The maximum atomic E-state index is 12.8. The number of likely N-dealkylation sites (N-methyl/N-ethyl adjacent to an activating group) is 2. The molecular formula is C17H27BrN4O2. The highest BCUT2D eigenvalue weighted by molar-refractivity contribution is 9.10. The van der Waals surface area contributed by atoms with Crippen molar-refractivity contribution in [2.24, 2.45) is 0 Å². The molecule has 134 valence electrons. The Morgan fingerprint density at radius 2 is 2.12 bits per heavy atom. The molecule has 0 aromatic heterocycles. The molecule has 1 heterocycles. The lowest BCUT2D eigenvalue weighted by Gasteiger charge is -2.24. The highest BCUT2D eigenvalue weighted by Gasteiger charge is 2.23. The monoisotopic (exact) mass is 398 g/mol. The quantitative estimate of drug-likeness (QED) is 0.792. The summed E-state index contributed by atoms with van der Waals surface area (Å²) in [5.41, 5.74) is 1.42. The van der Waals surface area contributed by atoms with Gasteiger partial charge in [0, 0.05) is 43.8 Å². The summed E-state index contributed by atoms with van der Waals surface area (Å²) in [5.74, 6) is 0.459. The van der Waals surface area contributed by atoms with Crippen LogP contribution in [0.3, 0.4) is 0 Å². The molecule has 1 aromatic rings. The van der Waals surface area contributed by atoms with E-state index in [0.29, 0.717) is 11.3 Å². The fourth-order valence-electron chi connectivity index (χ4n) is 2.97. The first-order chi connectivity index (χ1) is 11.5. The van der Waals surface area contributed by atoms with Crippen molar-refractivity contribution in [2.45, 2.75) is 13.0 Å². The van der Waals surface area contributed by atoms with Gasteiger partial charge in [-0.15, -0.1) is 0 Å². The van der Waals surface area contributed by atoms with Crippen molar-refractivity contribution in [3.8, 4) is 5.75 Å². The van der Waals surface area contributed by atoms with Crippen LogP contribution in [0.15, 0.2) is 16.6 Å². The fraction of sp³-hybridized carbons (Fsp3) is 0.588. The summed E-state index contributed by atoms with van der Waals surface area (Å²) in [7, 11) is 5.51. The summed E-state index contributed by atoms with van der Waals surface area (Å²) >= 11 is 3.49. The Bertz CT molecular complexity index is 582. The molecule has 1 fully saturated rings. The van der Waals surface area contributed by atoms with Crippen LogP contribution in [-0.2, 0) is 0 Å². The molecule has 1 aliphatic rings. The largest absolute Gasteiger partial charge is 0.496 e. The number of ether oxygens (including phenoxy) is 1. The zero-order valence-electron chi connectivity index (χ0n) is 14.9. The average molecular weight is 399 g/mol. The molecule has 2 N–H and O–H groups in total. The van der Waals surface area contributed by atoms with E-state index in [1.165, 1.54) is 0 Å². The van der Waals surface area contributed by atoms with Crippen molar-refractivity contribution in [3.05, 3.63) is 22.2 Å². The van der Waals surface area contributed by atoms with Gasteiger partial charge in [-0.2, -0.15) is 0 Å². The summed E-state index contributed by atoms with van der Waals surface area (Å²) in [4.78, 5) is 17.4. The van der Waals surface area contributed by atoms with Crippen molar-refractivity contribution in [1.29, 1.82) is 0 Å². The average Bonchev–Trinajstić information content (AvgIpc) is 2.75. The van der Waals surface area contributed by atoms with Crippen molar-refractivity contribution in [1.82, 2.24) is 15.1 Å². The minimum Gasteiger partial charge on any atom is -0.496 e. The summed E-state index contributed by atoms with van der Waals surface area (Å²) < 4.78 is 6.24. The van der Waals surface area contributed by atoms with Crippen molar-refractivity contribution < 1.29 is 9.53 Å². The van der Waals surface area contributed by atoms with E-state index in [9.17, 15) is 4.79 Å². The third kappa shape index (κ3) is 4.62.